The lowest BCUT2D eigenvalue weighted by Gasteiger charge is -2.26. The van der Waals surface area contributed by atoms with Gasteiger partial charge in [-0.1, -0.05) is 6.07 Å². The van der Waals surface area contributed by atoms with Crippen molar-refractivity contribution in [1.29, 1.82) is 0 Å². The summed E-state index contributed by atoms with van der Waals surface area (Å²) in [6, 6.07) is 13.8. The lowest BCUT2D eigenvalue weighted by molar-refractivity contribution is -0.115. The van der Waals surface area contributed by atoms with E-state index in [1.165, 1.54) is 5.52 Å². The number of amides is 1. The molecular weight excluding hydrogens is 394 g/mol. The number of morpholine rings is 1. The molecule has 0 spiro atoms. The molecule has 0 aliphatic carbocycles. The number of fused-ring (bicyclic) bond motifs is 2. The SMILES string of the molecule is O=C(Cc1ccc2c(c1)OCCO2)Nc1ccc2c(ccn2CCN2CCOCC2)c1. The van der Waals surface area contributed by atoms with Crippen LogP contribution in [0.2, 0.25) is 0 Å². The molecule has 7 nitrogen and oxygen atoms in total. The quantitative estimate of drug-likeness (QED) is 0.663. The van der Waals surface area contributed by atoms with Crippen molar-refractivity contribution in [3.05, 3.63) is 54.2 Å². The Labute approximate surface area is 181 Å². The predicted octanol–water partition coefficient (Wildman–Crippen LogP) is 2.93. The van der Waals surface area contributed by atoms with Crippen molar-refractivity contribution in [2.24, 2.45) is 0 Å². The van der Waals surface area contributed by atoms with E-state index < -0.39 is 0 Å². The van der Waals surface area contributed by atoms with Gasteiger partial charge in [0, 0.05) is 49.0 Å². The van der Waals surface area contributed by atoms with E-state index in [9.17, 15) is 4.79 Å². The Morgan fingerprint density at radius 1 is 0.903 bits per heavy atom. The summed E-state index contributed by atoms with van der Waals surface area (Å²) >= 11 is 0. The fraction of sp³-hybridized carbons (Fsp3) is 0.375. The number of nitrogens with one attached hydrogen (secondary N) is 1. The minimum atomic E-state index is -0.0530. The predicted molar refractivity (Wildman–Crippen MR) is 119 cm³/mol. The molecule has 31 heavy (non-hydrogen) atoms. The highest BCUT2D eigenvalue weighted by Crippen LogP contribution is 2.31. The summed E-state index contributed by atoms with van der Waals surface area (Å²) in [4.78, 5) is 15.0. The topological polar surface area (TPSA) is 65.0 Å². The van der Waals surface area contributed by atoms with Crippen LogP contribution in [0, 0.1) is 0 Å². The fourth-order valence-corrected chi connectivity index (χ4v) is 4.14. The molecule has 1 fully saturated rings. The standard InChI is InChI=1S/C24H27N3O4/c28-24(16-18-1-4-22-23(15-18)31-14-13-30-22)25-20-2-3-21-19(17-20)5-6-27(21)8-7-26-9-11-29-12-10-26/h1-6,15,17H,7-14,16H2,(H,25,28). The van der Waals surface area contributed by atoms with Crippen molar-refractivity contribution in [3.63, 3.8) is 0 Å². The Bertz CT molecular complexity index is 1070. The maximum absolute atomic E-state index is 12.6. The molecule has 3 heterocycles. The zero-order valence-corrected chi connectivity index (χ0v) is 17.5. The van der Waals surface area contributed by atoms with Crippen LogP contribution < -0.4 is 14.8 Å². The molecular formula is C24H27N3O4. The number of rotatable bonds is 6. The highest BCUT2D eigenvalue weighted by atomic mass is 16.6. The molecule has 1 aromatic heterocycles. The van der Waals surface area contributed by atoms with E-state index >= 15 is 0 Å². The summed E-state index contributed by atoms with van der Waals surface area (Å²) in [5, 5.41) is 4.14. The Morgan fingerprint density at radius 2 is 1.74 bits per heavy atom. The summed E-state index contributed by atoms with van der Waals surface area (Å²) in [6.45, 7) is 6.69. The van der Waals surface area contributed by atoms with Crippen LogP contribution in [0.15, 0.2) is 48.7 Å². The minimum Gasteiger partial charge on any atom is -0.486 e. The van der Waals surface area contributed by atoms with E-state index in [1.807, 2.05) is 30.3 Å². The number of carbonyl (C=O) groups excluding carboxylic acids is 1. The third-order valence-corrected chi connectivity index (χ3v) is 5.79. The van der Waals surface area contributed by atoms with Crippen LogP contribution in [0.4, 0.5) is 5.69 Å². The molecule has 7 heteroatoms. The van der Waals surface area contributed by atoms with Crippen molar-refractivity contribution in [2.45, 2.75) is 13.0 Å². The van der Waals surface area contributed by atoms with Gasteiger partial charge in [0.05, 0.1) is 19.6 Å². The van der Waals surface area contributed by atoms with E-state index in [0.717, 1.165) is 61.8 Å². The second-order valence-corrected chi connectivity index (χ2v) is 7.94. The van der Waals surface area contributed by atoms with Gasteiger partial charge in [0.2, 0.25) is 5.91 Å². The molecule has 1 saturated heterocycles. The van der Waals surface area contributed by atoms with Gasteiger partial charge in [-0.2, -0.15) is 0 Å². The highest BCUT2D eigenvalue weighted by Gasteiger charge is 2.14. The molecule has 0 saturated carbocycles. The monoisotopic (exact) mass is 421 g/mol. The van der Waals surface area contributed by atoms with Crippen molar-refractivity contribution in [3.8, 4) is 11.5 Å². The lowest BCUT2D eigenvalue weighted by atomic mass is 10.1. The van der Waals surface area contributed by atoms with Gasteiger partial charge in [-0.15, -0.1) is 0 Å². The first-order chi connectivity index (χ1) is 15.2. The molecule has 0 radical (unpaired) electrons. The van der Waals surface area contributed by atoms with Crippen LogP contribution in [0.25, 0.3) is 10.9 Å². The maximum Gasteiger partial charge on any atom is 0.228 e. The Balaban J connectivity index is 1.21. The van der Waals surface area contributed by atoms with E-state index in [1.54, 1.807) is 0 Å². The van der Waals surface area contributed by atoms with Gasteiger partial charge in [0.25, 0.3) is 0 Å². The van der Waals surface area contributed by atoms with Crippen molar-refractivity contribution in [1.82, 2.24) is 9.47 Å². The summed E-state index contributed by atoms with van der Waals surface area (Å²) in [7, 11) is 0. The van der Waals surface area contributed by atoms with Gasteiger partial charge in [-0.05, 0) is 42.0 Å². The van der Waals surface area contributed by atoms with Gasteiger partial charge >= 0.3 is 0 Å². The van der Waals surface area contributed by atoms with Crippen molar-refractivity contribution >= 4 is 22.5 Å². The van der Waals surface area contributed by atoms with E-state index in [-0.39, 0.29) is 12.3 Å². The average molecular weight is 421 g/mol. The molecule has 3 aromatic rings. The van der Waals surface area contributed by atoms with Gasteiger partial charge in [0.1, 0.15) is 13.2 Å². The van der Waals surface area contributed by atoms with E-state index in [2.05, 4.69) is 33.1 Å². The summed E-state index contributed by atoms with van der Waals surface area (Å²) < 4.78 is 18.8. The molecule has 162 valence electrons. The molecule has 0 atom stereocenters. The first-order valence-corrected chi connectivity index (χ1v) is 10.8. The second kappa shape index (κ2) is 8.99. The first kappa shape index (κ1) is 19.9. The van der Waals surface area contributed by atoms with Crippen LogP contribution in [0.3, 0.4) is 0 Å². The van der Waals surface area contributed by atoms with Gasteiger partial charge in [0.15, 0.2) is 11.5 Å². The molecule has 0 bridgehead atoms. The number of anilines is 1. The number of ether oxygens (including phenoxy) is 3. The van der Waals surface area contributed by atoms with Crippen LogP contribution in [0.1, 0.15) is 5.56 Å². The van der Waals surface area contributed by atoms with Crippen LogP contribution in [-0.4, -0.2) is 61.4 Å². The van der Waals surface area contributed by atoms with Crippen molar-refractivity contribution < 1.29 is 19.0 Å². The summed E-state index contributed by atoms with van der Waals surface area (Å²) in [6.07, 6.45) is 2.40. The molecule has 2 aliphatic rings. The smallest absolute Gasteiger partial charge is 0.228 e. The fourth-order valence-electron chi connectivity index (χ4n) is 4.14. The number of benzene rings is 2. The summed E-state index contributed by atoms with van der Waals surface area (Å²) in [5.74, 6) is 1.39. The molecule has 2 aliphatic heterocycles. The normalized spacial score (nSPS) is 16.4. The zero-order chi connectivity index (χ0) is 21.0. The molecule has 2 aromatic carbocycles. The number of hydrogen-bond donors (Lipinski definition) is 1. The van der Waals surface area contributed by atoms with E-state index in [4.69, 9.17) is 14.2 Å². The molecule has 0 unspecified atom stereocenters. The third-order valence-electron chi connectivity index (χ3n) is 5.79. The Morgan fingerprint density at radius 3 is 2.61 bits per heavy atom. The largest absolute Gasteiger partial charge is 0.486 e. The van der Waals surface area contributed by atoms with Crippen LogP contribution in [-0.2, 0) is 22.5 Å². The van der Waals surface area contributed by atoms with Gasteiger partial charge in [-0.25, -0.2) is 0 Å². The van der Waals surface area contributed by atoms with Crippen LogP contribution in [0.5, 0.6) is 11.5 Å². The number of aromatic nitrogens is 1. The Hall–Kier alpha value is -3.03. The number of nitrogens with zero attached hydrogens (tertiary/aromatic N) is 2. The zero-order valence-electron chi connectivity index (χ0n) is 17.5. The lowest BCUT2D eigenvalue weighted by Crippen LogP contribution is -2.38. The number of hydrogen-bond acceptors (Lipinski definition) is 5. The van der Waals surface area contributed by atoms with Crippen LogP contribution >= 0.6 is 0 Å². The average Bonchev–Trinajstić information content (AvgIpc) is 3.20. The Kier molecular flexibility index (Phi) is 5.78. The first-order valence-electron chi connectivity index (χ1n) is 10.8. The third kappa shape index (κ3) is 4.68. The molecule has 1 amide bonds. The number of carbonyl (C=O) groups is 1. The molecule has 1 N–H and O–H groups in total. The van der Waals surface area contributed by atoms with Gasteiger partial charge in [-0.3, -0.25) is 9.69 Å². The maximum atomic E-state index is 12.6. The second-order valence-electron chi connectivity index (χ2n) is 7.94. The van der Waals surface area contributed by atoms with Gasteiger partial charge < -0.3 is 24.1 Å². The van der Waals surface area contributed by atoms with E-state index in [0.29, 0.717) is 19.0 Å². The highest BCUT2D eigenvalue weighted by molar-refractivity contribution is 5.95. The minimum absolute atomic E-state index is 0.0530. The summed E-state index contributed by atoms with van der Waals surface area (Å²) in [5.41, 5.74) is 2.89. The van der Waals surface area contributed by atoms with Crippen molar-refractivity contribution in [2.75, 3.05) is 51.4 Å². The molecule has 5 rings (SSSR count).